The van der Waals surface area contributed by atoms with Crippen LogP contribution < -0.4 is 15.1 Å². The summed E-state index contributed by atoms with van der Waals surface area (Å²) in [6.07, 6.45) is 0.709. The summed E-state index contributed by atoms with van der Waals surface area (Å²) in [5.41, 5.74) is 3.39. The summed E-state index contributed by atoms with van der Waals surface area (Å²) in [6.45, 7) is 3.32. The van der Waals surface area contributed by atoms with Crippen molar-refractivity contribution in [3.63, 3.8) is 0 Å². The number of hydrogen-bond donors (Lipinski definition) is 1. The second-order valence-electron chi connectivity index (χ2n) is 9.29. The van der Waals surface area contributed by atoms with E-state index >= 15 is 0 Å². The zero-order valence-corrected chi connectivity index (χ0v) is 23.7. The average Bonchev–Trinajstić information content (AvgIpc) is 2.97. The van der Waals surface area contributed by atoms with Crippen LogP contribution in [0.25, 0.3) is 0 Å². The van der Waals surface area contributed by atoms with Crippen LogP contribution in [0, 0.1) is 0 Å². The van der Waals surface area contributed by atoms with E-state index in [0.29, 0.717) is 16.7 Å². The number of amides is 1. The Bertz CT molecular complexity index is 1370. The molecule has 4 aromatic rings. The summed E-state index contributed by atoms with van der Waals surface area (Å²) in [4.78, 5) is 26.6. The highest BCUT2D eigenvalue weighted by Gasteiger charge is 2.21. The summed E-state index contributed by atoms with van der Waals surface area (Å²) in [5.74, 6) is 0.897. The molecule has 1 aliphatic heterocycles. The lowest BCUT2D eigenvalue weighted by molar-refractivity contribution is -0.119. The number of hydrogen-bond acceptors (Lipinski definition) is 6. The van der Waals surface area contributed by atoms with Gasteiger partial charge in [0.1, 0.15) is 11.0 Å². The van der Waals surface area contributed by atoms with Crippen molar-refractivity contribution in [3.05, 3.63) is 112 Å². The van der Waals surface area contributed by atoms with E-state index < -0.39 is 0 Å². The van der Waals surface area contributed by atoms with Crippen LogP contribution in [0.4, 0.5) is 11.5 Å². The highest BCUT2D eigenvalue weighted by molar-refractivity contribution is 7.99. The van der Waals surface area contributed by atoms with Gasteiger partial charge < -0.3 is 15.1 Å². The van der Waals surface area contributed by atoms with Crippen LogP contribution in [0.3, 0.4) is 0 Å². The first-order valence-electron chi connectivity index (χ1n) is 12.8. The normalized spacial score (nSPS) is 14.2. The first kappa shape index (κ1) is 27.3. The van der Waals surface area contributed by atoms with Crippen molar-refractivity contribution in [2.75, 3.05) is 41.7 Å². The predicted molar refractivity (Wildman–Crippen MR) is 161 cm³/mol. The minimum atomic E-state index is -0.130. The lowest BCUT2D eigenvalue weighted by Gasteiger charge is -2.36. The molecule has 1 aromatic heterocycles. The van der Waals surface area contributed by atoms with E-state index in [-0.39, 0.29) is 17.7 Å². The summed E-state index contributed by atoms with van der Waals surface area (Å²) in [6, 6.07) is 29.8. The van der Waals surface area contributed by atoms with Gasteiger partial charge in [-0.15, -0.1) is 0 Å². The first-order chi connectivity index (χ1) is 19.0. The fourth-order valence-electron chi connectivity index (χ4n) is 4.61. The fraction of sp³-hybridized carbons (Fsp3) is 0.233. The molecule has 1 aliphatic rings. The highest BCUT2D eigenvalue weighted by Crippen LogP contribution is 2.25. The van der Waals surface area contributed by atoms with E-state index in [1.807, 2.05) is 72.8 Å². The number of thioether (sulfide) groups is 1. The molecule has 1 saturated heterocycles. The van der Waals surface area contributed by atoms with Gasteiger partial charge in [-0.1, -0.05) is 95.6 Å². The van der Waals surface area contributed by atoms with E-state index in [0.717, 1.165) is 48.3 Å². The molecule has 0 bridgehead atoms. The topological polar surface area (TPSA) is 61.4 Å². The number of halogens is 2. The van der Waals surface area contributed by atoms with Gasteiger partial charge in [-0.25, -0.2) is 9.97 Å². The maximum atomic E-state index is 13.0. The van der Waals surface area contributed by atoms with E-state index in [1.165, 1.54) is 17.3 Å². The van der Waals surface area contributed by atoms with Crippen LogP contribution >= 0.6 is 35.0 Å². The monoisotopic (exact) mass is 577 g/mol. The van der Waals surface area contributed by atoms with Gasteiger partial charge in [0.05, 0.1) is 11.8 Å². The van der Waals surface area contributed by atoms with Gasteiger partial charge >= 0.3 is 0 Å². The second-order valence-corrected chi connectivity index (χ2v) is 11.1. The van der Waals surface area contributed by atoms with Gasteiger partial charge in [0.15, 0.2) is 5.16 Å². The zero-order chi connectivity index (χ0) is 27.0. The molecule has 9 heteroatoms. The Hall–Kier alpha value is -3.26. The van der Waals surface area contributed by atoms with E-state index in [4.69, 9.17) is 28.2 Å². The molecule has 0 aliphatic carbocycles. The van der Waals surface area contributed by atoms with Crippen molar-refractivity contribution in [2.45, 2.75) is 17.6 Å². The molecule has 1 amide bonds. The smallest absolute Gasteiger partial charge is 0.230 e. The molecule has 0 radical (unpaired) electrons. The number of carbonyl (C=O) groups is 1. The van der Waals surface area contributed by atoms with Gasteiger partial charge in [0, 0.05) is 43.0 Å². The van der Waals surface area contributed by atoms with Crippen molar-refractivity contribution >= 4 is 52.4 Å². The molecule has 39 heavy (non-hydrogen) atoms. The summed E-state index contributed by atoms with van der Waals surface area (Å²) >= 11 is 13.7. The third kappa shape index (κ3) is 7.66. The molecule has 1 atom stereocenters. The summed E-state index contributed by atoms with van der Waals surface area (Å²) in [5, 5.41) is 4.79. The van der Waals surface area contributed by atoms with E-state index in [1.54, 1.807) is 6.07 Å². The Kier molecular flexibility index (Phi) is 9.24. The average molecular weight is 579 g/mol. The third-order valence-corrected chi connectivity index (χ3v) is 7.90. The molecule has 200 valence electrons. The van der Waals surface area contributed by atoms with Crippen LogP contribution in [0.15, 0.2) is 96.2 Å². The summed E-state index contributed by atoms with van der Waals surface area (Å²) < 4.78 is 0. The maximum Gasteiger partial charge on any atom is 0.230 e. The van der Waals surface area contributed by atoms with Crippen LogP contribution in [0.2, 0.25) is 10.2 Å². The predicted octanol–water partition coefficient (Wildman–Crippen LogP) is 6.30. The van der Waals surface area contributed by atoms with Crippen LogP contribution in [-0.4, -0.2) is 47.8 Å². The number of carbonyl (C=O) groups excluding carboxylic acids is 1. The fourth-order valence-corrected chi connectivity index (χ4v) is 5.63. The van der Waals surface area contributed by atoms with Gasteiger partial charge in [-0.2, -0.15) is 0 Å². The lowest BCUT2D eigenvalue weighted by atomic mass is 9.99. The van der Waals surface area contributed by atoms with Crippen LogP contribution in [-0.2, 0) is 11.2 Å². The molecule has 3 aromatic carbocycles. The Labute approximate surface area is 243 Å². The molecule has 1 fully saturated rings. The van der Waals surface area contributed by atoms with Gasteiger partial charge in [-0.05, 0) is 41.8 Å². The minimum absolute atomic E-state index is 0.0773. The van der Waals surface area contributed by atoms with Gasteiger partial charge in [0.25, 0.3) is 0 Å². The first-order valence-corrected chi connectivity index (χ1v) is 14.6. The van der Waals surface area contributed by atoms with Gasteiger partial charge in [-0.3, -0.25) is 4.79 Å². The number of piperazine rings is 1. The molecule has 1 N–H and O–H groups in total. The SMILES string of the molecule is O=C(CSc1nc(Cl)cc(N2CCN(c3ccc(Cl)cc3)CC2)n1)NC(Cc1ccccc1)c1ccccc1. The second kappa shape index (κ2) is 13.2. The zero-order valence-electron chi connectivity index (χ0n) is 21.3. The Morgan fingerprint density at radius 1 is 0.846 bits per heavy atom. The van der Waals surface area contributed by atoms with Crippen molar-refractivity contribution in [1.82, 2.24) is 15.3 Å². The standard InChI is InChI=1S/C30H29Cl2N5OS/c31-24-11-13-25(14-12-24)36-15-17-37(18-16-36)28-20-27(32)34-30(35-28)39-21-29(38)33-26(23-9-5-2-6-10-23)19-22-7-3-1-4-8-22/h1-14,20,26H,15-19,21H2,(H,33,38). The molecule has 5 rings (SSSR count). The number of anilines is 2. The van der Waals surface area contributed by atoms with E-state index in [2.05, 4.69) is 32.2 Å². The molecule has 2 heterocycles. The van der Waals surface area contributed by atoms with Crippen molar-refractivity contribution in [1.29, 1.82) is 0 Å². The molecule has 0 saturated carbocycles. The number of benzene rings is 3. The van der Waals surface area contributed by atoms with Gasteiger partial charge in [0.2, 0.25) is 5.91 Å². The lowest BCUT2D eigenvalue weighted by Crippen LogP contribution is -2.46. The van der Waals surface area contributed by atoms with Crippen molar-refractivity contribution in [2.24, 2.45) is 0 Å². The molecule has 0 spiro atoms. The Morgan fingerprint density at radius 2 is 1.49 bits per heavy atom. The molecular weight excluding hydrogens is 549 g/mol. The number of rotatable bonds is 9. The van der Waals surface area contributed by atoms with Crippen LogP contribution in [0.1, 0.15) is 17.2 Å². The van der Waals surface area contributed by atoms with E-state index in [9.17, 15) is 4.79 Å². The third-order valence-electron chi connectivity index (χ3n) is 6.61. The quantitative estimate of drug-likeness (QED) is 0.143. The summed E-state index contributed by atoms with van der Waals surface area (Å²) in [7, 11) is 0. The number of nitrogens with zero attached hydrogens (tertiary/aromatic N) is 4. The van der Waals surface area contributed by atoms with Crippen molar-refractivity contribution in [3.8, 4) is 0 Å². The Balaban J connectivity index is 1.19. The number of aromatic nitrogens is 2. The van der Waals surface area contributed by atoms with Crippen LogP contribution in [0.5, 0.6) is 0 Å². The maximum absolute atomic E-state index is 13.0. The molecule has 6 nitrogen and oxygen atoms in total. The van der Waals surface area contributed by atoms with Crippen molar-refractivity contribution < 1.29 is 4.79 Å². The molecular formula is C30H29Cl2N5OS. The highest BCUT2D eigenvalue weighted by atomic mass is 35.5. The largest absolute Gasteiger partial charge is 0.368 e. The molecule has 1 unspecified atom stereocenters. The minimum Gasteiger partial charge on any atom is -0.368 e. The Morgan fingerprint density at radius 3 is 2.18 bits per heavy atom. The number of nitrogens with one attached hydrogen (secondary N) is 1.